The Bertz CT molecular complexity index is 188. The van der Waals surface area contributed by atoms with E-state index in [9.17, 15) is 4.79 Å². The number of nitrogens with zero attached hydrogens (tertiary/aromatic N) is 2. The van der Waals surface area contributed by atoms with Crippen LogP contribution in [0.2, 0.25) is 0 Å². The van der Waals surface area contributed by atoms with Gasteiger partial charge in [0.1, 0.15) is 0 Å². The number of hydrogen-bond acceptors (Lipinski definition) is 3. The normalized spacial score (nSPS) is 20.9. The highest BCUT2D eigenvalue weighted by molar-refractivity contribution is 5.78. The van der Waals surface area contributed by atoms with Crippen molar-refractivity contribution >= 4 is 5.91 Å². The topological polar surface area (TPSA) is 49.6 Å². The lowest BCUT2D eigenvalue weighted by Crippen LogP contribution is -2.50. The lowest BCUT2D eigenvalue weighted by Gasteiger charge is -2.35. The average molecular weight is 199 g/mol. The summed E-state index contributed by atoms with van der Waals surface area (Å²) in [7, 11) is 0. The summed E-state index contributed by atoms with van der Waals surface area (Å²) in [6.07, 6.45) is 0. The maximum Gasteiger partial charge on any atom is 0.226 e. The molecule has 1 aliphatic rings. The molecule has 2 N–H and O–H groups in total. The van der Waals surface area contributed by atoms with Crippen LogP contribution in [-0.2, 0) is 4.79 Å². The predicted octanol–water partition coefficient (Wildman–Crippen LogP) is -0.255. The zero-order valence-electron chi connectivity index (χ0n) is 9.20. The molecule has 14 heavy (non-hydrogen) atoms. The van der Waals surface area contributed by atoms with Crippen molar-refractivity contribution in [2.75, 3.05) is 39.3 Å². The lowest BCUT2D eigenvalue weighted by atomic mass is 10.1. The van der Waals surface area contributed by atoms with Crippen molar-refractivity contribution in [1.29, 1.82) is 0 Å². The molecule has 0 aromatic heterocycles. The first-order valence-electron chi connectivity index (χ1n) is 5.40. The van der Waals surface area contributed by atoms with E-state index in [2.05, 4.69) is 11.8 Å². The van der Waals surface area contributed by atoms with Crippen LogP contribution >= 0.6 is 0 Å². The highest BCUT2D eigenvalue weighted by atomic mass is 16.2. The van der Waals surface area contributed by atoms with Crippen molar-refractivity contribution < 1.29 is 4.79 Å². The van der Waals surface area contributed by atoms with Crippen molar-refractivity contribution in [3.63, 3.8) is 0 Å². The Kier molecular flexibility index (Phi) is 4.35. The first-order valence-corrected chi connectivity index (χ1v) is 5.40. The molecule has 0 aromatic rings. The van der Waals surface area contributed by atoms with Gasteiger partial charge >= 0.3 is 0 Å². The number of piperazine rings is 1. The molecular weight excluding hydrogens is 178 g/mol. The second-order valence-electron chi connectivity index (χ2n) is 3.90. The fourth-order valence-electron chi connectivity index (χ4n) is 1.70. The molecule has 1 heterocycles. The van der Waals surface area contributed by atoms with E-state index in [-0.39, 0.29) is 11.8 Å². The Morgan fingerprint density at radius 3 is 2.36 bits per heavy atom. The van der Waals surface area contributed by atoms with Crippen LogP contribution in [0, 0.1) is 5.92 Å². The first-order chi connectivity index (χ1) is 6.69. The highest BCUT2D eigenvalue weighted by Gasteiger charge is 2.23. The zero-order valence-corrected chi connectivity index (χ0v) is 9.20. The predicted molar refractivity (Wildman–Crippen MR) is 56.9 cm³/mol. The van der Waals surface area contributed by atoms with Gasteiger partial charge in [0.05, 0.1) is 0 Å². The summed E-state index contributed by atoms with van der Waals surface area (Å²) in [5.74, 6) is 0.187. The third kappa shape index (κ3) is 2.69. The second kappa shape index (κ2) is 5.32. The monoisotopic (exact) mass is 199 g/mol. The summed E-state index contributed by atoms with van der Waals surface area (Å²) in [6, 6.07) is 0. The number of likely N-dealkylation sites (N-methyl/N-ethyl adjacent to an activating group) is 1. The Morgan fingerprint density at radius 2 is 1.93 bits per heavy atom. The molecule has 4 heteroatoms. The van der Waals surface area contributed by atoms with Crippen molar-refractivity contribution in [3.8, 4) is 0 Å². The van der Waals surface area contributed by atoms with E-state index in [0.717, 1.165) is 32.7 Å². The number of amides is 1. The Hall–Kier alpha value is -0.610. The van der Waals surface area contributed by atoms with Crippen molar-refractivity contribution in [2.45, 2.75) is 13.8 Å². The van der Waals surface area contributed by atoms with E-state index in [1.165, 1.54) is 0 Å². The number of nitrogens with two attached hydrogens (primary N) is 1. The molecule has 0 aliphatic carbocycles. The maximum atomic E-state index is 11.8. The standard InChI is InChI=1S/C10H21N3O/c1-3-12-4-6-13(7-5-12)10(14)9(2)8-11/h9H,3-8,11H2,1-2H3. The number of carbonyl (C=O) groups is 1. The van der Waals surface area contributed by atoms with Crippen molar-refractivity contribution in [2.24, 2.45) is 11.7 Å². The van der Waals surface area contributed by atoms with E-state index in [4.69, 9.17) is 5.73 Å². The maximum absolute atomic E-state index is 11.8. The van der Waals surface area contributed by atoms with Crippen LogP contribution in [0.3, 0.4) is 0 Å². The molecule has 0 radical (unpaired) electrons. The molecule has 1 unspecified atom stereocenters. The van der Waals surface area contributed by atoms with Crippen LogP contribution in [0.1, 0.15) is 13.8 Å². The van der Waals surface area contributed by atoms with Gasteiger partial charge in [-0.2, -0.15) is 0 Å². The van der Waals surface area contributed by atoms with E-state index in [1.54, 1.807) is 0 Å². The Labute approximate surface area is 86.0 Å². The molecule has 82 valence electrons. The van der Waals surface area contributed by atoms with Gasteiger partial charge < -0.3 is 15.5 Å². The van der Waals surface area contributed by atoms with Crippen LogP contribution in [0.5, 0.6) is 0 Å². The van der Waals surface area contributed by atoms with Crippen LogP contribution in [0.25, 0.3) is 0 Å². The van der Waals surface area contributed by atoms with E-state index < -0.39 is 0 Å². The quantitative estimate of drug-likeness (QED) is 0.681. The molecule has 0 bridgehead atoms. The fourth-order valence-corrected chi connectivity index (χ4v) is 1.70. The molecule has 1 aliphatic heterocycles. The summed E-state index contributed by atoms with van der Waals surface area (Å²) < 4.78 is 0. The molecule has 4 nitrogen and oxygen atoms in total. The van der Waals surface area contributed by atoms with Crippen molar-refractivity contribution in [3.05, 3.63) is 0 Å². The molecule has 0 aromatic carbocycles. The second-order valence-corrected chi connectivity index (χ2v) is 3.90. The van der Waals surface area contributed by atoms with Gasteiger partial charge in [0.2, 0.25) is 5.91 Å². The lowest BCUT2D eigenvalue weighted by molar-refractivity contribution is -0.136. The highest BCUT2D eigenvalue weighted by Crippen LogP contribution is 2.06. The van der Waals surface area contributed by atoms with Gasteiger partial charge in [-0.15, -0.1) is 0 Å². The van der Waals surface area contributed by atoms with Gasteiger partial charge in [0, 0.05) is 38.6 Å². The number of carbonyl (C=O) groups excluding carboxylic acids is 1. The van der Waals surface area contributed by atoms with Crippen molar-refractivity contribution in [1.82, 2.24) is 9.80 Å². The molecule has 0 saturated carbocycles. The zero-order chi connectivity index (χ0) is 10.6. The molecular formula is C10H21N3O. The molecule has 1 atom stereocenters. The Morgan fingerprint density at radius 1 is 1.36 bits per heavy atom. The third-order valence-corrected chi connectivity index (χ3v) is 2.91. The molecule has 1 amide bonds. The molecule has 1 rings (SSSR count). The number of hydrogen-bond donors (Lipinski definition) is 1. The summed E-state index contributed by atoms with van der Waals surface area (Å²) in [5.41, 5.74) is 5.48. The molecule has 1 fully saturated rings. The van der Waals surface area contributed by atoms with E-state index >= 15 is 0 Å². The van der Waals surface area contributed by atoms with Gasteiger partial charge in [-0.1, -0.05) is 13.8 Å². The summed E-state index contributed by atoms with van der Waals surface area (Å²) >= 11 is 0. The van der Waals surface area contributed by atoms with Crippen LogP contribution in [-0.4, -0.2) is 55.0 Å². The van der Waals surface area contributed by atoms with Crippen LogP contribution < -0.4 is 5.73 Å². The average Bonchev–Trinajstić information content (AvgIpc) is 2.27. The van der Waals surface area contributed by atoms with Crippen LogP contribution in [0.4, 0.5) is 0 Å². The first kappa shape index (κ1) is 11.5. The van der Waals surface area contributed by atoms with Gasteiger partial charge in [-0.05, 0) is 6.54 Å². The van der Waals surface area contributed by atoms with E-state index in [0.29, 0.717) is 6.54 Å². The summed E-state index contributed by atoms with van der Waals surface area (Å²) in [6.45, 7) is 9.29. The van der Waals surface area contributed by atoms with Gasteiger partial charge in [0.25, 0.3) is 0 Å². The van der Waals surface area contributed by atoms with E-state index in [1.807, 2.05) is 11.8 Å². The minimum atomic E-state index is -0.0248. The Balaban J connectivity index is 2.37. The smallest absolute Gasteiger partial charge is 0.226 e. The van der Waals surface area contributed by atoms with Gasteiger partial charge in [-0.25, -0.2) is 0 Å². The molecule has 1 saturated heterocycles. The number of rotatable bonds is 3. The largest absolute Gasteiger partial charge is 0.340 e. The molecule has 0 spiro atoms. The summed E-state index contributed by atoms with van der Waals surface area (Å²) in [4.78, 5) is 16.0. The van der Waals surface area contributed by atoms with Gasteiger partial charge in [0.15, 0.2) is 0 Å². The SMILES string of the molecule is CCN1CCN(C(=O)C(C)CN)CC1. The van der Waals surface area contributed by atoms with Crippen LogP contribution in [0.15, 0.2) is 0 Å². The fraction of sp³-hybridized carbons (Fsp3) is 0.900. The minimum absolute atomic E-state index is 0.0248. The minimum Gasteiger partial charge on any atom is -0.340 e. The summed E-state index contributed by atoms with van der Waals surface area (Å²) in [5, 5.41) is 0. The van der Waals surface area contributed by atoms with Gasteiger partial charge in [-0.3, -0.25) is 4.79 Å². The third-order valence-electron chi connectivity index (χ3n) is 2.91.